The molecular weight excluding hydrogens is 466 g/mol. The summed E-state index contributed by atoms with van der Waals surface area (Å²) >= 11 is 0. The standard InChI is InChI=1S/C33H33N5/c1-5-23-25(7-3)32-36-29(23)18-21-14-16-27(34-21)31(20-12-10-9-11-13-20)28-17-15-22(35-28)19-30-24(6-2)26(8-4)33(37-30)38-32/h9-19,34-35H,5-8H2,1-4H3. The van der Waals surface area contributed by atoms with Crippen molar-refractivity contribution >= 4 is 44.4 Å². The molecule has 5 nitrogen and oxygen atoms in total. The van der Waals surface area contributed by atoms with Crippen LogP contribution in [0.15, 0.2) is 66.7 Å². The number of aromatic amines is 2. The zero-order valence-electron chi connectivity index (χ0n) is 22.5. The van der Waals surface area contributed by atoms with Crippen LogP contribution in [0.1, 0.15) is 76.4 Å². The van der Waals surface area contributed by atoms with Crippen LogP contribution in [0.2, 0.25) is 0 Å². The molecule has 5 heterocycles. The Balaban J connectivity index is 1.76. The Bertz CT molecular complexity index is 1640. The fraction of sp³-hybridized carbons (Fsp3) is 0.242. The van der Waals surface area contributed by atoms with Crippen LogP contribution in [0, 0.1) is 0 Å². The molecule has 2 aliphatic rings. The quantitative estimate of drug-likeness (QED) is 0.288. The van der Waals surface area contributed by atoms with Crippen molar-refractivity contribution in [1.29, 1.82) is 0 Å². The van der Waals surface area contributed by atoms with Crippen LogP contribution in [-0.2, 0) is 0 Å². The van der Waals surface area contributed by atoms with E-state index in [0.29, 0.717) is 0 Å². The zero-order valence-corrected chi connectivity index (χ0v) is 22.5. The van der Waals surface area contributed by atoms with Gasteiger partial charge in [0.2, 0.25) is 0 Å². The molecule has 1 aromatic carbocycles. The summed E-state index contributed by atoms with van der Waals surface area (Å²) in [5.41, 5.74) is 13.4. The third kappa shape index (κ3) is 4.08. The van der Waals surface area contributed by atoms with E-state index < -0.39 is 0 Å². The molecule has 2 N–H and O–H groups in total. The van der Waals surface area contributed by atoms with E-state index in [1.165, 1.54) is 22.3 Å². The Labute approximate surface area is 223 Å². The van der Waals surface area contributed by atoms with E-state index in [1.807, 2.05) is 0 Å². The molecule has 0 unspecified atom stereocenters. The van der Waals surface area contributed by atoms with Gasteiger partial charge in [0.1, 0.15) is 0 Å². The number of benzene rings is 1. The number of allylic oxidation sites excluding steroid dienone is 4. The third-order valence-corrected chi connectivity index (χ3v) is 7.57. The molecular formula is C33H33N5. The molecule has 8 bridgehead atoms. The van der Waals surface area contributed by atoms with Crippen molar-refractivity contribution in [3.05, 3.63) is 89.8 Å². The van der Waals surface area contributed by atoms with Crippen LogP contribution in [-0.4, -0.2) is 24.9 Å². The van der Waals surface area contributed by atoms with Crippen molar-refractivity contribution in [3.8, 4) is 11.1 Å². The topological polar surface area (TPSA) is 70.2 Å². The number of H-pyrrole nitrogens is 2. The van der Waals surface area contributed by atoms with Crippen LogP contribution in [0.3, 0.4) is 0 Å². The van der Waals surface area contributed by atoms with Gasteiger partial charge in [-0.25, -0.2) is 15.0 Å². The number of hydrogen-bond acceptors (Lipinski definition) is 3. The number of rotatable bonds is 5. The lowest BCUT2D eigenvalue weighted by molar-refractivity contribution is 1.05. The van der Waals surface area contributed by atoms with Crippen LogP contribution in [0.4, 0.5) is 0 Å². The summed E-state index contributed by atoms with van der Waals surface area (Å²) in [4.78, 5) is 22.5. The number of fused-ring (bicyclic) bond motifs is 8. The molecule has 4 aromatic rings. The predicted molar refractivity (Wildman–Crippen MR) is 159 cm³/mol. The molecule has 3 aromatic heterocycles. The van der Waals surface area contributed by atoms with Gasteiger partial charge in [-0.1, -0.05) is 58.0 Å². The first-order valence-electron chi connectivity index (χ1n) is 13.7. The lowest BCUT2D eigenvalue weighted by Crippen LogP contribution is -1.92. The third-order valence-electron chi connectivity index (χ3n) is 7.57. The Morgan fingerprint density at radius 3 is 1.45 bits per heavy atom. The van der Waals surface area contributed by atoms with E-state index in [9.17, 15) is 0 Å². The van der Waals surface area contributed by atoms with Gasteiger partial charge in [0.25, 0.3) is 0 Å². The summed E-state index contributed by atoms with van der Waals surface area (Å²) in [6, 6.07) is 23.4. The van der Waals surface area contributed by atoms with Gasteiger partial charge in [-0.15, -0.1) is 0 Å². The van der Waals surface area contributed by atoms with Gasteiger partial charge in [0.05, 0.1) is 11.4 Å². The SMILES string of the molecule is CCC1=C(CC)c2nc1cc1ccc([nH]1)c(-c1ccccc1)c1ccc(cc3nc(n2)C(CC)=C3CC)[nH]1. The summed E-state index contributed by atoms with van der Waals surface area (Å²) in [6.45, 7) is 8.77. The highest BCUT2D eigenvalue weighted by atomic mass is 15.0. The number of hydrogen-bond donors (Lipinski definition) is 2. The van der Waals surface area contributed by atoms with Crippen molar-refractivity contribution < 1.29 is 0 Å². The second-order valence-corrected chi connectivity index (χ2v) is 9.77. The van der Waals surface area contributed by atoms with E-state index in [1.54, 1.807) is 0 Å². The molecule has 0 spiro atoms. The average Bonchev–Trinajstić information content (AvgIpc) is 3.71. The predicted octanol–water partition coefficient (Wildman–Crippen LogP) is 8.84. The summed E-state index contributed by atoms with van der Waals surface area (Å²) in [5.74, 6) is 1.60. The van der Waals surface area contributed by atoms with Crippen molar-refractivity contribution in [3.63, 3.8) is 0 Å². The van der Waals surface area contributed by atoms with Gasteiger partial charge < -0.3 is 9.97 Å². The molecule has 0 fully saturated rings. The van der Waals surface area contributed by atoms with Gasteiger partial charge in [0, 0.05) is 38.8 Å². The van der Waals surface area contributed by atoms with Gasteiger partial charge in [-0.3, -0.25) is 0 Å². The summed E-state index contributed by atoms with van der Waals surface area (Å²) in [6.07, 6.45) is 3.59. The average molecular weight is 500 g/mol. The molecule has 5 heteroatoms. The fourth-order valence-corrected chi connectivity index (χ4v) is 5.77. The summed E-state index contributed by atoms with van der Waals surface area (Å²) < 4.78 is 0. The highest BCUT2D eigenvalue weighted by Gasteiger charge is 2.22. The van der Waals surface area contributed by atoms with Crippen molar-refractivity contribution in [1.82, 2.24) is 24.9 Å². The molecule has 38 heavy (non-hydrogen) atoms. The minimum absolute atomic E-state index is 0.801. The molecule has 0 saturated carbocycles. The Hall–Kier alpha value is -4.25. The highest BCUT2D eigenvalue weighted by molar-refractivity contribution is 5.96. The molecule has 0 radical (unpaired) electrons. The van der Waals surface area contributed by atoms with E-state index in [2.05, 4.69) is 104 Å². The largest absolute Gasteiger partial charge is 0.355 e. The van der Waals surface area contributed by atoms with Crippen molar-refractivity contribution in [2.24, 2.45) is 0 Å². The summed E-state index contributed by atoms with van der Waals surface area (Å²) in [7, 11) is 0. The maximum absolute atomic E-state index is 5.09. The zero-order chi connectivity index (χ0) is 26.2. The molecule has 190 valence electrons. The van der Waals surface area contributed by atoms with Gasteiger partial charge in [-0.05, 0) is 78.8 Å². The van der Waals surface area contributed by atoms with Crippen LogP contribution in [0.5, 0.6) is 0 Å². The Morgan fingerprint density at radius 2 is 1.00 bits per heavy atom. The van der Waals surface area contributed by atoms with E-state index in [-0.39, 0.29) is 0 Å². The maximum atomic E-state index is 5.09. The molecule has 0 amide bonds. The van der Waals surface area contributed by atoms with E-state index in [4.69, 9.17) is 15.0 Å². The number of nitrogens with one attached hydrogen (secondary N) is 2. The second-order valence-electron chi connectivity index (χ2n) is 9.77. The van der Waals surface area contributed by atoms with Crippen LogP contribution >= 0.6 is 0 Å². The lowest BCUT2D eigenvalue weighted by atomic mass is 10.0. The minimum atomic E-state index is 0.801. The first kappa shape index (κ1) is 24.1. The smallest absolute Gasteiger partial charge is 0.158 e. The number of nitrogens with zero attached hydrogens (tertiary/aromatic N) is 3. The Kier molecular flexibility index (Phi) is 6.28. The van der Waals surface area contributed by atoms with Crippen LogP contribution < -0.4 is 0 Å². The normalized spacial score (nSPS) is 13.5. The first-order chi connectivity index (χ1) is 18.6. The van der Waals surface area contributed by atoms with Crippen molar-refractivity contribution in [2.45, 2.75) is 53.4 Å². The van der Waals surface area contributed by atoms with Crippen molar-refractivity contribution in [2.75, 3.05) is 0 Å². The van der Waals surface area contributed by atoms with E-state index >= 15 is 0 Å². The number of aromatic nitrogens is 5. The van der Waals surface area contributed by atoms with Crippen LogP contribution in [0.25, 0.3) is 55.5 Å². The molecule has 0 saturated heterocycles. The summed E-state index contributed by atoms with van der Waals surface area (Å²) in [5, 5.41) is 0. The monoisotopic (exact) mass is 499 g/mol. The lowest BCUT2D eigenvalue weighted by Gasteiger charge is -2.04. The van der Waals surface area contributed by atoms with Gasteiger partial charge in [-0.2, -0.15) is 0 Å². The molecule has 0 aliphatic carbocycles. The fourth-order valence-electron chi connectivity index (χ4n) is 5.77. The maximum Gasteiger partial charge on any atom is 0.158 e. The molecule has 6 rings (SSSR count). The molecule has 0 atom stereocenters. The minimum Gasteiger partial charge on any atom is -0.355 e. The first-order valence-corrected chi connectivity index (χ1v) is 13.7. The van der Waals surface area contributed by atoms with Gasteiger partial charge in [0.15, 0.2) is 11.6 Å². The van der Waals surface area contributed by atoms with E-state index in [0.717, 1.165) is 81.9 Å². The van der Waals surface area contributed by atoms with Gasteiger partial charge >= 0.3 is 0 Å². The second kappa shape index (κ2) is 9.90. The Morgan fingerprint density at radius 1 is 0.526 bits per heavy atom. The highest BCUT2D eigenvalue weighted by Crippen LogP contribution is 2.37. The molecule has 2 aliphatic heterocycles.